The minimum absolute atomic E-state index is 0.0536. The van der Waals surface area contributed by atoms with E-state index in [1.807, 2.05) is 18.2 Å². The van der Waals surface area contributed by atoms with Gasteiger partial charge in [0, 0.05) is 18.5 Å². The summed E-state index contributed by atoms with van der Waals surface area (Å²) < 4.78 is 0. The molecular formula is C16H26N2O. The Balaban J connectivity index is 2.33. The van der Waals surface area contributed by atoms with Gasteiger partial charge in [0.05, 0.1) is 0 Å². The maximum atomic E-state index is 11.7. The molecule has 0 saturated carbocycles. The number of hydrogen-bond acceptors (Lipinski definition) is 1. The molecule has 3 heteroatoms. The molecular weight excluding hydrogens is 236 g/mol. The van der Waals surface area contributed by atoms with Crippen molar-refractivity contribution in [3.05, 3.63) is 35.9 Å². The fraction of sp³-hybridized carbons (Fsp3) is 0.562. The molecule has 3 nitrogen and oxygen atoms in total. The Hall–Kier alpha value is -1.51. The summed E-state index contributed by atoms with van der Waals surface area (Å²) in [5, 5.41) is 5.84. The molecule has 0 saturated heterocycles. The second-order valence-electron chi connectivity index (χ2n) is 5.57. The number of carbonyl (C=O) groups is 1. The van der Waals surface area contributed by atoms with Crippen LogP contribution in [0.4, 0.5) is 4.79 Å². The summed E-state index contributed by atoms with van der Waals surface area (Å²) in [5.41, 5.74) is 1.18. The summed E-state index contributed by atoms with van der Waals surface area (Å²) in [7, 11) is 0. The molecule has 0 fully saturated rings. The van der Waals surface area contributed by atoms with E-state index in [0.29, 0.717) is 6.54 Å². The minimum Gasteiger partial charge on any atom is -0.338 e. The lowest BCUT2D eigenvalue weighted by atomic mass is 9.85. The largest absolute Gasteiger partial charge is 0.338 e. The number of urea groups is 1. The Morgan fingerprint density at radius 1 is 1.11 bits per heavy atom. The lowest BCUT2D eigenvalue weighted by molar-refractivity contribution is 0.238. The van der Waals surface area contributed by atoms with Gasteiger partial charge < -0.3 is 10.6 Å². The smallest absolute Gasteiger partial charge is 0.314 e. The normalized spacial score (nSPS) is 11.1. The predicted octanol–water partition coefficient (Wildman–Crippen LogP) is 3.45. The van der Waals surface area contributed by atoms with Crippen LogP contribution in [-0.2, 0) is 5.41 Å². The lowest BCUT2D eigenvalue weighted by Crippen LogP contribution is -2.42. The summed E-state index contributed by atoms with van der Waals surface area (Å²) in [6.45, 7) is 7.82. The van der Waals surface area contributed by atoms with E-state index in [9.17, 15) is 4.79 Å². The van der Waals surface area contributed by atoms with Crippen molar-refractivity contribution in [2.45, 2.75) is 45.4 Å². The SMILES string of the molecule is CCCCCNC(=O)NCC(C)(C)c1ccccc1. The Labute approximate surface area is 116 Å². The zero-order valence-electron chi connectivity index (χ0n) is 12.3. The van der Waals surface area contributed by atoms with Crippen LogP contribution in [0.25, 0.3) is 0 Å². The van der Waals surface area contributed by atoms with E-state index < -0.39 is 0 Å². The summed E-state index contributed by atoms with van der Waals surface area (Å²) in [4.78, 5) is 11.7. The zero-order valence-corrected chi connectivity index (χ0v) is 12.3. The van der Waals surface area contributed by atoms with Crippen LogP contribution in [-0.4, -0.2) is 19.1 Å². The molecule has 0 spiro atoms. The van der Waals surface area contributed by atoms with Gasteiger partial charge in [-0.05, 0) is 12.0 Å². The van der Waals surface area contributed by atoms with Crippen molar-refractivity contribution < 1.29 is 4.79 Å². The highest BCUT2D eigenvalue weighted by Crippen LogP contribution is 2.21. The molecule has 1 aromatic rings. The summed E-state index contributed by atoms with van der Waals surface area (Å²) in [6.07, 6.45) is 3.38. The van der Waals surface area contributed by atoms with Crippen molar-refractivity contribution in [3.8, 4) is 0 Å². The first-order chi connectivity index (χ1) is 9.06. The van der Waals surface area contributed by atoms with Gasteiger partial charge in [0.25, 0.3) is 0 Å². The molecule has 106 valence electrons. The van der Waals surface area contributed by atoms with Crippen molar-refractivity contribution in [3.63, 3.8) is 0 Å². The first-order valence-corrected chi connectivity index (χ1v) is 7.13. The van der Waals surface area contributed by atoms with E-state index in [-0.39, 0.29) is 11.4 Å². The molecule has 2 amide bonds. The summed E-state index contributed by atoms with van der Waals surface area (Å²) >= 11 is 0. The fourth-order valence-electron chi connectivity index (χ4n) is 1.93. The van der Waals surface area contributed by atoms with E-state index in [2.05, 4.69) is 43.5 Å². The molecule has 0 aliphatic carbocycles. The van der Waals surface area contributed by atoms with Crippen LogP contribution in [0, 0.1) is 0 Å². The van der Waals surface area contributed by atoms with Crippen LogP contribution in [0.3, 0.4) is 0 Å². The number of amides is 2. The molecule has 0 heterocycles. The average molecular weight is 262 g/mol. The quantitative estimate of drug-likeness (QED) is 0.726. The van der Waals surface area contributed by atoms with Crippen LogP contribution in [0.15, 0.2) is 30.3 Å². The highest BCUT2D eigenvalue weighted by atomic mass is 16.2. The Morgan fingerprint density at radius 3 is 2.42 bits per heavy atom. The topological polar surface area (TPSA) is 41.1 Å². The molecule has 0 unspecified atom stereocenters. The maximum absolute atomic E-state index is 11.7. The number of benzene rings is 1. The lowest BCUT2D eigenvalue weighted by Gasteiger charge is -2.25. The Morgan fingerprint density at radius 2 is 1.79 bits per heavy atom. The van der Waals surface area contributed by atoms with Crippen molar-refractivity contribution in [2.24, 2.45) is 0 Å². The average Bonchev–Trinajstić information content (AvgIpc) is 2.42. The number of nitrogens with one attached hydrogen (secondary N) is 2. The first kappa shape index (κ1) is 15.5. The molecule has 19 heavy (non-hydrogen) atoms. The second kappa shape index (κ2) is 7.82. The fourth-order valence-corrected chi connectivity index (χ4v) is 1.93. The van der Waals surface area contributed by atoms with E-state index in [1.54, 1.807) is 0 Å². The molecule has 2 N–H and O–H groups in total. The van der Waals surface area contributed by atoms with Crippen molar-refractivity contribution in [1.29, 1.82) is 0 Å². The molecule has 0 radical (unpaired) electrons. The minimum atomic E-state index is -0.0693. The molecule has 0 aliphatic heterocycles. The van der Waals surface area contributed by atoms with Crippen molar-refractivity contribution in [2.75, 3.05) is 13.1 Å². The number of rotatable bonds is 7. The Bertz CT molecular complexity index is 374. The van der Waals surface area contributed by atoms with Crippen molar-refractivity contribution in [1.82, 2.24) is 10.6 Å². The van der Waals surface area contributed by atoms with Gasteiger partial charge in [-0.15, -0.1) is 0 Å². The molecule has 0 aliphatic rings. The highest BCUT2D eigenvalue weighted by Gasteiger charge is 2.20. The third-order valence-electron chi connectivity index (χ3n) is 3.31. The van der Waals surface area contributed by atoms with Gasteiger partial charge >= 0.3 is 6.03 Å². The summed E-state index contributed by atoms with van der Waals surface area (Å²) in [5.74, 6) is 0. The van der Waals surface area contributed by atoms with Crippen LogP contribution in [0.2, 0.25) is 0 Å². The van der Waals surface area contributed by atoms with E-state index >= 15 is 0 Å². The van der Waals surface area contributed by atoms with E-state index in [4.69, 9.17) is 0 Å². The van der Waals surface area contributed by atoms with Crippen LogP contribution < -0.4 is 10.6 Å². The van der Waals surface area contributed by atoms with Gasteiger partial charge in [-0.25, -0.2) is 4.79 Å². The van der Waals surface area contributed by atoms with Gasteiger partial charge in [-0.1, -0.05) is 63.9 Å². The standard InChI is InChI=1S/C16H26N2O/c1-4-5-9-12-17-15(19)18-13-16(2,3)14-10-7-6-8-11-14/h6-8,10-11H,4-5,9,12-13H2,1-3H3,(H2,17,18,19). The molecule has 0 atom stereocenters. The monoisotopic (exact) mass is 262 g/mol. The van der Waals surface area contributed by atoms with Crippen molar-refractivity contribution >= 4 is 6.03 Å². The molecule has 0 bridgehead atoms. The van der Waals surface area contributed by atoms with Crippen LogP contribution >= 0.6 is 0 Å². The molecule has 1 aromatic carbocycles. The first-order valence-electron chi connectivity index (χ1n) is 7.13. The number of carbonyl (C=O) groups excluding carboxylic acids is 1. The Kier molecular flexibility index (Phi) is 6.40. The zero-order chi connectivity index (χ0) is 14.1. The van der Waals surface area contributed by atoms with Gasteiger partial charge in [0.2, 0.25) is 0 Å². The number of unbranched alkanes of at least 4 members (excludes halogenated alkanes) is 2. The van der Waals surface area contributed by atoms with Gasteiger partial charge in [0.1, 0.15) is 0 Å². The number of hydrogen-bond donors (Lipinski definition) is 2. The summed E-state index contributed by atoms with van der Waals surface area (Å²) in [6, 6.07) is 10.2. The third kappa shape index (κ3) is 5.77. The van der Waals surface area contributed by atoms with Gasteiger partial charge in [-0.3, -0.25) is 0 Å². The van der Waals surface area contributed by atoms with E-state index in [0.717, 1.165) is 19.4 Å². The molecule has 0 aromatic heterocycles. The van der Waals surface area contributed by atoms with Crippen LogP contribution in [0.1, 0.15) is 45.6 Å². The highest BCUT2D eigenvalue weighted by molar-refractivity contribution is 5.73. The van der Waals surface area contributed by atoms with Gasteiger partial charge in [0.15, 0.2) is 0 Å². The molecule has 1 rings (SSSR count). The van der Waals surface area contributed by atoms with E-state index in [1.165, 1.54) is 12.0 Å². The van der Waals surface area contributed by atoms with Gasteiger partial charge in [-0.2, -0.15) is 0 Å². The predicted molar refractivity (Wildman–Crippen MR) is 80.4 cm³/mol. The van der Waals surface area contributed by atoms with Crippen LogP contribution in [0.5, 0.6) is 0 Å². The maximum Gasteiger partial charge on any atom is 0.314 e. The third-order valence-corrected chi connectivity index (χ3v) is 3.31. The second-order valence-corrected chi connectivity index (χ2v) is 5.57.